The van der Waals surface area contributed by atoms with Crippen LogP contribution in [-0.2, 0) is 76.2 Å². The van der Waals surface area contributed by atoms with E-state index in [1.54, 1.807) is 5.67 Å². The van der Waals surface area contributed by atoms with Crippen molar-refractivity contribution in [2.45, 2.75) is 401 Å². The molecule has 2 bridgehead atoms. The average Bonchev–Trinajstić information content (AvgIpc) is 1.67. The standard InChI is InChI=1S/C22H38O8Si2.C22H42O6Si2.C14H22O2.C12H27F3OSi2.C7H20Si2/c1-7-32(6,15-31(4)5)14-8-9-16(19(25)29-21(2)12-10-17(23)27-21)20(26)30-22(3)13-11-18(24)28-22;1-5-30(4,17-29(2)3)16-10-11-18(21(23)27-19-12-6-8-14-25-19)22(24)28-20-13-7-9-15-26-20;1-14(6-2-3-7-14)16-13(15)12-9-10-4-5-11(12)8-10;1-6-18(5,10-17(3)4)9-7-8-11(2,16)12(13,14)15;1-6-9(4,5)7-8(2)3/h16,31H,7-15H2,1-6H3;18-20,29H,5-17H2,1-4H3;10-12H,2-9H2,1H3;16-17H,6-10H2,1-5H3;8H,6-7H2,1-5H3. The van der Waals surface area contributed by atoms with Crippen LogP contribution in [0.25, 0.3) is 0 Å². The number of alkyl halides is 3. The van der Waals surface area contributed by atoms with Gasteiger partial charge in [0.15, 0.2) is 17.4 Å². The van der Waals surface area contributed by atoms with Crippen molar-refractivity contribution >= 4 is 109 Å². The van der Waals surface area contributed by atoms with E-state index in [1.165, 1.54) is 81.1 Å². The molecule has 1 N–H and O–H groups in total. The Balaban J connectivity index is 0.000000360. The highest BCUT2D eigenvalue weighted by Crippen LogP contribution is 2.50. The van der Waals surface area contributed by atoms with Crippen LogP contribution in [0.2, 0.25) is 150 Å². The Morgan fingerprint density at radius 3 is 1.24 bits per heavy atom. The number of fused-ring (bicyclic) bond motifs is 2. The zero-order chi connectivity index (χ0) is 79.4. The molecule has 11 atom stereocenters. The third-order valence-electron chi connectivity index (χ3n) is 23.6. The predicted octanol–water partition coefficient (Wildman–Crippen LogP) is 18.6. The molecule has 17 nitrogen and oxygen atoms in total. The second-order valence-electron chi connectivity index (χ2n) is 36.8. The number of hydrogen-bond donors (Lipinski definition) is 1. The van der Waals surface area contributed by atoms with E-state index in [2.05, 4.69) is 120 Å². The smallest absolute Gasteiger partial charge is 0.416 e. The van der Waals surface area contributed by atoms with Crippen molar-refractivity contribution in [3.8, 4) is 0 Å². The third kappa shape index (κ3) is 35.9. The predicted molar refractivity (Wildman–Crippen MR) is 436 cm³/mol. The molecule has 3 saturated carbocycles. The van der Waals surface area contributed by atoms with Crippen LogP contribution in [-0.4, -0.2) is 169 Å². The number of hydrogen-bond acceptors (Lipinski definition) is 17. The molecular formula is C77H149F3O17Si8. The van der Waals surface area contributed by atoms with Crippen molar-refractivity contribution in [2.24, 2.45) is 29.6 Å². The number of cyclic esters (lactones) is 2. The molecule has 7 aliphatic rings. The SMILES string of the molecule is CC1(OC(=O)C2CC3CCC2C3)CCCC1.CC[Si](C)(C)C[SiH](C)C.CC[Si](C)(CCCC(C(=O)OC1(C)CCC(=O)O1)C(=O)OC1(C)CCC(=O)O1)C[SiH](C)C.CC[Si](C)(CCCC(C(=O)OC1CCCCO1)C(=O)OC1CCCCO1)C[SiH](C)C.CC[Si](C)(CCCC(C)(O)C(F)(F)F)C[SiH](C)C. The number of carbonyl (C=O) groups is 7. The van der Waals surface area contributed by atoms with E-state index in [9.17, 15) is 51.8 Å². The summed E-state index contributed by atoms with van der Waals surface area (Å²) in [5.41, 5.74) is 3.01. The molecule has 4 heterocycles. The molecule has 7 fully saturated rings. The number of rotatable bonds is 34. The number of carbonyl (C=O) groups excluding carboxylic acids is 7. The number of aliphatic hydroxyl groups is 1. The molecule has 105 heavy (non-hydrogen) atoms. The zero-order valence-electron chi connectivity index (χ0n) is 69.6. The first-order valence-corrected chi connectivity index (χ1v) is 66.5. The van der Waals surface area contributed by atoms with Crippen LogP contribution >= 0.6 is 0 Å². The lowest BCUT2D eigenvalue weighted by Gasteiger charge is -2.30. The molecule has 7 rings (SSSR count). The van der Waals surface area contributed by atoms with Gasteiger partial charge in [0.25, 0.3) is 11.6 Å². The van der Waals surface area contributed by atoms with Crippen LogP contribution in [0.3, 0.4) is 0 Å². The fourth-order valence-electron chi connectivity index (χ4n) is 16.8. The highest BCUT2D eigenvalue weighted by molar-refractivity contribution is 6.90. The molecule has 0 aromatic carbocycles. The Morgan fingerprint density at radius 2 is 0.933 bits per heavy atom. The van der Waals surface area contributed by atoms with E-state index in [-0.39, 0.29) is 64.8 Å². The minimum atomic E-state index is -4.51. The van der Waals surface area contributed by atoms with Gasteiger partial charge in [0.05, 0.1) is 32.0 Å². The van der Waals surface area contributed by atoms with Crippen LogP contribution in [0.4, 0.5) is 13.2 Å². The number of esters is 7. The summed E-state index contributed by atoms with van der Waals surface area (Å²) in [6, 6.07) is 8.09. The lowest BCUT2D eigenvalue weighted by Crippen LogP contribution is -2.42. The quantitative estimate of drug-likeness (QED) is 0.0274. The topological polar surface area (TPSA) is 223 Å². The Hall–Kier alpha value is -2.30. The summed E-state index contributed by atoms with van der Waals surface area (Å²) in [6.07, 6.45) is 12.8. The van der Waals surface area contributed by atoms with Gasteiger partial charge in [-0.15, -0.1) is 0 Å². The van der Waals surface area contributed by atoms with Crippen LogP contribution in [0.5, 0.6) is 0 Å². The van der Waals surface area contributed by atoms with Crippen molar-refractivity contribution < 1.29 is 94.5 Å². The second kappa shape index (κ2) is 44.8. The van der Waals surface area contributed by atoms with E-state index in [1.807, 2.05) is 0 Å². The van der Waals surface area contributed by atoms with Gasteiger partial charge >= 0.3 is 48.0 Å². The maximum absolute atomic E-state index is 13.0. The van der Waals surface area contributed by atoms with E-state index in [0.717, 1.165) is 88.4 Å². The van der Waals surface area contributed by atoms with Crippen LogP contribution in [0.1, 0.15) is 209 Å². The minimum absolute atomic E-state index is 0.122. The molecule has 0 aromatic rings. The molecule has 612 valence electrons. The van der Waals surface area contributed by atoms with Gasteiger partial charge < -0.3 is 47.7 Å². The van der Waals surface area contributed by atoms with E-state index in [4.69, 9.17) is 42.6 Å². The first-order chi connectivity index (χ1) is 48.7. The lowest BCUT2D eigenvalue weighted by molar-refractivity contribution is -0.255. The summed E-state index contributed by atoms with van der Waals surface area (Å²) in [5, 5.41) is 9.40. The van der Waals surface area contributed by atoms with Gasteiger partial charge in [-0.25, -0.2) is 0 Å². The molecule has 11 unspecified atom stereocenters. The average molecular weight is 1630 g/mol. The molecule has 0 spiro atoms. The number of halogens is 3. The van der Waals surface area contributed by atoms with Crippen LogP contribution in [0, 0.1) is 29.6 Å². The Labute approximate surface area is 643 Å². The Kier molecular flexibility index (Phi) is 41.4. The molecule has 0 radical (unpaired) electrons. The molecule has 3 aliphatic carbocycles. The van der Waals surface area contributed by atoms with Crippen molar-refractivity contribution in [3.63, 3.8) is 0 Å². The first-order valence-electron chi connectivity index (χ1n) is 41.2. The van der Waals surface area contributed by atoms with E-state index in [0.29, 0.717) is 51.2 Å². The van der Waals surface area contributed by atoms with Crippen LogP contribution in [0.15, 0.2) is 0 Å². The summed E-state index contributed by atoms with van der Waals surface area (Å²) >= 11 is 0. The maximum Gasteiger partial charge on any atom is 0.416 e. The third-order valence-corrected chi connectivity index (χ3v) is 64.6. The molecule has 4 saturated heterocycles. The molecule has 4 aliphatic heterocycles. The van der Waals surface area contributed by atoms with E-state index >= 15 is 0 Å². The molecule has 0 aromatic heterocycles. The highest BCUT2D eigenvalue weighted by Gasteiger charge is 2.51. The summed E-state index contributed by atoms with van der Waals surface area (Å²) in [5.74, 6) is -6.33. The summed E-state index contributed by atoms with van der Waals surface area (Å²) in [6.45, 7) is 47.5. The van der Waals surface area contributed by atoms with Gasteiger partial charge in [-0.05, 0) is 116 Å². The summed E-state index contributed by atoms with van der Waals surface area (Å²) in [7, 11) is -7.01. The van der Waals surface area contributed by atoms with Gasteiger partial charge in [-0.1, -0.05) is 203 Å². The van der Waals surface area contributed by atoms with Gasteiger partial charge in [-0.2, -0.15) is 13.2 Å². The summed E-state index contributed by atoms with van der Waals surface area (Å²) in [4.78, 5) is 86.9. The largest absolute Gasteiger partial charge is 0.459 e. The highest BCUT2D eigenvalue weighted by atomic mass is 28.4. The van der Waals surface area contributed by atoms with Crippen molar-refractivity contribution in [1.82, 2.24) is 0 Å². The minimum Gasteiger partial charge on any atom is -0.459 e. The van der Waals surface area contributed by atoms with Crippen LogP contribution < -0.4 is 0 Å². The van der Waals surface area contributed by atoms with E-state index < -0.39 is 142 Å². The fraction of sp³-hybridized carbons (Fsp3) is 0.909. The number of ether oxygens (including phenoxy) is 9. The molecular weight excluding hydrogens is 1480 g/mol. The lowest BCUT2D eigenvalue weighted by atomic mass is 9.89. The van der Waals surface area contributed by atoms with Gasteiger partial charge in [0.1, 0.15) is 5.60 Å². The Bertz CT molecular complexity index is 2580. The van der Waals surface area contributed by atoms with Gasteiger partial charge in [0, 0.05) is 107 Å². The fourth-order valence-corrected chi connectivity index (χ4v) is 60.5. The van der Waals surface area contributed by atoms with Crippen molar-refractivity contribution in [3.05, 3.63) is 0 Å². The first kappa shape index (κ1) is 96.9. The molecule has 0 amide bonds. The van der Waals surface area contributed by atoms with Gasteiger partial charge in [-0.3, -0.25) is 33.6 Å². The second-order valence-corrected chi connectivity index (χ2v) is 74.0. The Morgan fingerprint density at radius 1 is 0.533 bits per heavy atom. The molecule has 28 heteroatoms. The van der Waals surface area contributed by atoms with Crippen molar-refractivity contribution in [2.75, 3.05) is 13.2 Å². The summed E-state index contributed by atoms with van der Waals surface area (Å²) < 4.78 is 86.8. The monoisotopic (exact) mass is 1630 g/mol. The maximum atomic E-state index is 13.0. The van der Waals surface area contributed by atoms with Crippen molar-refractivity contribution in [1.29, 1.82) is 0 Å². The van der Waals surface area contributed by atoms with Gasteiger partial charge in [0.2, 0.25) is 12.6 Å². The zero-order valence-corrected chi connectivity index (χ0v) is 78.2. The normalized spacial score (nSPS) is 26.4.